The quantitative estimate of drug-likeness (QED) is 0.741. The highest BCUT2D eigenvalue weighted by atomic mass is 16.5. The zero-order chi connectivity index (χ0) is 14.3. The maximum absolute atomic E-state index is 11.7. The van der Waals surface area contributed by atoms with E-state index in [-0.39, 0.29) is 11.9 Å². The molecule has 104 valence electrons. The van der Waals surface area contributed by atoms with Crippen molar-refractivity contribution in [3.63, 3.8) is 0 Å². The smallest absolute Gasteiger partial charge is 0.338 e. The molecule has 0 spiro atoms. The molecule has 0 aliphatic heterocycles. The second kappa shape index (κ2) is 7.56. The topological polar surface area (TPSA) is 52.6 Å². The molecule has 4 nitrogen and oxygen atoms in total. The summed E-state index contributed by atoms with van der Waals surface area (Å²) in [7, 11) is 0. The van der Waals surface area contributed by atoms with Crippen LogP contribution in [0.2, 0.25) is 0 Å². The first-order valence-corrected chi connectivity index (χ1v) is 6.49. The Balaban J connectivity index is 2.60. The normalized spacial score (nSPS) is 10.3. The van der Waals surface area contributed by atoms with Gasteiger partial charge in [0.2, 0.25) is 0 Å². The molecule has 0 saturated heterocycles. The van der Waals surface area contributed by atoms with E-state index in [1.807, 2.05) is 20.8 Å². The van der Waals surface area contributed by atoms with Gasteiger partial charge >= 0.3 is 11.9 Å². The van der Waals surface area contributed by atoms with Crippen molar-refractivity contribution in [2.24, 2.45) is 5.92 Å². The van der Waals surface area contributed by atoms with Crippen LogP contribution >= 0.6 is 0 Å². The van der Waals surface area contributed by atoms with Crippen LogP contribution in [0, 0.1) is 5.92 Å². The predicted octanol–water partition coefficient (Wildman–Crippen LogP) is 3.07. The highest BCUT2D eigenvalue weighted by Gasteiger charge is 2.11. The molecule has 1 rings (SSSR count). The lowest BCUT2D eigenvalue weighted by Crippen LogP contribution is -2.11. The van der Waals surface area contributed by atoms with Gasteiger partial charge in [0, 0.05) is 0 Å². The van der Waals surface area contributed by atoms with Crippen LogP contribution in [0.15, 0.2) is 24.3 Å². The Morgan fingerprint density at radius 2 is 1.47 bits per heavy atom. The second-order valence-electron chi connectivity index (χ2n) is 4.71. The van der Waals surface area contributed by atoms with E-state index in [1.165, 1.54) is 0 Å². The molecule has 0 aliphatic rings. The summed E-state index contributed by atoms with van der Waals surface area (Å²) in [5, 5.41) is 0. The second-order valence-corrected chi connectivity index (χ2v) is 4.71. The van der Waals surface area contributed by atoms with Crippen molar-refractivity contribution in [1.82, 2.24) is 0 Å². The molecule has 0 bridgehead atoms. The number of carbonyl (C=O) groups excluding carboxylic acids is 2. The minimum atomic E-state index is -0.373. The van der Waals surface area contributed by atoms with E-state index < -0.39 is 0 Å². The van der Waals surface area contributed by atoms with Crippen LogP contribution in [0.1, 0.15) is 47.9 Å². The van der Waals surface area contributed by atoms with E-state index in [2.05, 4.69) is 0 Å². The van der Waals surface area contributed by atoms with Gasteiger partial charge in [-0.3, -0.25) is 0 Å². The Hall–Kier alpha value is -1.84. The van der Waals surface area contributed by atoms with Gasteiger partial charge in [0.15, 0.2) is 0 Å². The fraction of sp³-hybridized carbons (Fsp3) is 0.467. The fourth-order valence-electron chi connectivity index (χ4n) is 1.35. The first kappa shape index (κ1) is 15.2. The largest absolute Gasteiger partial charge is 0.462 e. The third kappa shape index (κ3) is 5.12. The number of rotatable bonds is 6. The van der Waals surface area contributed by atoms with Gasteiger partial charge in [0.05, 0.1) is 24.3 Å². The summed E-state index contributed by atoms with van der Waals surface area (Å²) in [5.74, 6) is -0.446. The molecule has 0 fully saturated rings. The summed E-state index contributed by atoms with van der Waals surface area (Å²) in [4.78, 5) is 23.2. The SMILES string of the molecule is CCCOC(=O)c1ccc(C(=O)OCC(C)C)cc1. The number of benzene rings is 1. The zero-order valence-corrected chi connectivity index (χ0v) is 11.6. The molecule has 1 aromatic carbocycles. The Morgan fingerprint density at radius 3 is 1.89 bits per heavy atom. The van der Waals surface area contributed by atoms with Gasteiger partial charge in [-0.25, -0.2) is 9.59 Å². The summed E-state index contributed by atoms with van der Waals surface area (Å²) in [5.41, 5.74) is 0.876. The molecule has 1 aromatic rings. The summed E-state index contributed by atoms with van der Waals surface area (Å²) >= 11 is 0. The Morgan fingerprint density at radius 1 is 1.00 bits per heavy atom. The van der Waals surface area contributed by atoms with E-state index in [0.29, 0.717) is 30.3 Å². The lowest BCUT2D eigenvalue weighted by Gasteiger charge is -2.07. The lowest BCUT2D eigenvalue weighted by atomic mass is 10.1. The predicted molar refractivity (Wildman–Crippen MR) is 72.1 cm³/mol. The van der Waals surface area contributed by atoms with Gasteiger partial charge in [-0.1, -0.05) is 20.8 Å². The third-order valence-corrected chi connectivity index (χ3v) is 2.34. The summed E-state index contributed by atoms with van der Waals surface area (Å²) < 4.78 is 10.1. The minimum absolute atomic E-state index is 0.298. The molecule has 0 unspecified atom stereocenters. The Bertz CT molecular complexity index is 420. The average molecular weight is 264 g/mol. The van der Waals surface area contributed by atoms with Crippen molar-refractivity contribution in [2.45, 2.75) is 27.2 Å². The Kier molecular flexibility index (Phi) is 6.06. The van der Waals surface area contributed by atoms with Crippen LogP contribution < -0.4 is 0 Å². The molecule has 19 heavy (non-hydrogen) atoms. The van der Waals surface area contributed by atoms with Crippen molar-refractivity contribution in [1.29, 1.82) is 0 Å². The molecule has 0 aromatic heterocycles. The molecule has 0 saturated carbocycles. The number of ether oxygens (including phenoxy) is 2. The zero-order valence-electron chi connectivity index (χ0n) is 11.6. The lowest BCUT2D eigenvalue weighted by molar-refractivity contribution is 0.0455. The summed E-state index contributed by atoms with van der Waals surface area (Å²) in [6.07, 6.45) is 0.783. The Labute approximate surface area is 113 Å². The van der Waals surface area contributed by atoms with Crippen LogP contribution in [0.5, 0.6) is 0 Å². The van der Waals surface area contributed by atoms with Crippen molar-refractivity contribution >= 4 is 11.9 Å². The number of hydrogen-bond acceptors (Lipinski definition) is 4. The van der Waals surface area contributed by atoms with Gasteiger partial charge in [-0.15, -0.1) is 0 Å². The standard InChI is InChI=1S/C15H20O4/c1-4-9-18-14(16)12-5-7-13(8-6-12)15(17)19-10-11(2)3/h5-8,11H,4,9-10H2,1-3H3. The summed E-state index contributed by atoms with van der Waals surface area (Å²) in [6, 6.07) is 6.30. The van der Waals surface area contributed by atoms with Crippen molar-refractivity contribution in [3.8, 4) is 0 Å². The van der Waals surface area contributed by atoms with Crippen LogP contribution in [0.25, 0.3) is 0 Å². The van der Waals surface area contributed by atoms with Crippen molar-refractivity contribution in [2.75, 3.05) is 13.2 Å². The molecular weight excluding hydrogens is 244 g/mol. The van der Waals surface area contributed by atoms with Crippen LogP contribution in [-0.2, 0) is 9.47 Å². The minimum Gasteiger partial charge on any atom is -0.462 e. The van der Waals surface area contributed by atoms with Crippen molar-refractivity contribution in [3.05, 3.63) is 35.4 Å². The summed E-state index contributed by atoms with van der Waals surface area (Å²) in [6.45, 7) is 6.66. The molecule has 0 radical (unpaired) electrons. The molecule has 4 heteroatoms. The van der Waals surface area contributed by atoms with E-state index in [9.17, 15) is 9.59 Å². The van der Waals surface area contributed by atoms with Crippen LogP contribution in [-0.4, -0.2) is 25.2 Å². The van der Waals surface area contributed by atoms with Gasteiger partial charge in [-0.2, -0.15) is 0 Å². The first-order valence-electron chi connectivity index (χ1n) is 6.49. The third-order valence-electron chi connectivity index (χ3n) is 2.34. The van der Waals surface area contributed by atoms with E-state index in [1.54, 1.807) is 24.3 Å². The van der Waals surface area contributed by atoms with E-state index in [0.717, 1.165) is 6.42 Å². The van der Waals surface area contributed by atoms with Crippen molar-refractivity contribution < 1.29 is 19.1 Å². The van der Waals surface area contributed by atoms with Gasteiger partial charge in [0.1, 0.15) is 0 Å². The monoisotopic (exact) mass is 264 g/mol. The van der Waals surface area contributed by atoms with Gasteiger partial charge < -0.3 is 9.47 Å². The molecule has 0 N–H and O–H groups in total. The molecule has 0 atom stereocenters. The molecule has 0 amide bonds. The van der Waals surface area contributed by atoms with Gasteiger partial charge in [0.25, 0.3) is 0 Å². The maximum Gasteiger partial charge on any atom is 0.338 e. The number of carbonyl (C=O) groups is 2. The molecule has 0 heterocycles. The molecule has 0 aliphatic carbocycles. The van der Waals surface area contributed by atoms with Crippen LogP contribution in [0.3, 0.4) is 0 Å². The first-order chi connectivity index (χ1) is 9.04. The highest BCUT2D eigenvalue weighted by molar-refractivity contribution is 5.93. The van der Waals surface area contributed by atoms with Gasteiger partial charge in [-0.05, 0) is 36.6 Å². The van der Waals surface area contributed by atoms with Crippen LogP contribution in [0.4, 0.5) is 0 Å². The van der Waals surface area contributed by atoms with E-state index >= 15 is 0 Å². The maximum atomic E-state index is 11.7. The number of hydrogen-bond donors (Lipinski definition) is 0. The average Bonchev–Trinajstić information content (AvgIpc) is 2.42. The highest BCUT2D eigenvalue weighted by Crippen LogP contribution is 2.08. The van der Waals surface area contributed by atoms with E-state index in [4.69, 9.17) is 9.47 Å². The molecular formula is C15H20O4. The fourth-order valence-corrected chi connectivity index (χ4v) is 1.35. The number of esters is 2.